The monoisotopic (exact) mass is 365 g/mol. The summed E-state index contributed by atoms with van der Waals surface area (Å²) in [7, 11) is 0. The van der Waals surface area contributed by atoms with Crippen LogP contribution in [0.4, 0.5) is 11.4 Å². The third kappa shape index (κ3) is 3.40. The molecule has 0 unspecified atom stereocenters. The summed E-state index contributed by atoms with van der Waals surface area (Å²) in [6, 6.07) is 9.24. The van der Waals surface area contributed by atoms with Crippen molar-refractivity contribution < 1.29 is 9.72 Å². The van der Waals surface area contributed by atoms with Crippen LogP contribution >= 0.6 is 15.9 Å². The lowest BCUT2D eigenvalue weighted by molar-refractivity contribution is -0.386. The Morgan fingerprint density at radius 2 is 2.00 bits per heavy atom. The van der Waals surface area contributed by atoms with Crippen molar-refractivity contribution in [1.29, 1.82) is 0 Å². The molecule has 1 aromatic carbocycles. The van der Waals surface area contributed by atoms with Gasteiger partial charge in [0.2, 0.25) is 5.91 Å². The number of benzene rings is 1. The lowest BCUT2D eigenvalue weighted by Gasteiger charge is -2.11. The first-order valence-corrected chi connectivity index (χ1v) is 7.08. The van der Waals surface area contributed by atoms with Gasteiger partial charge in [-0.15, -0.1) is 0 Å². The van der Waals surface area contributed by atoms with E-state index in [2.05, 4.69) is 21.2 Å². The highest BCUT2D eigenvalue weighted by atomic mass is 79.9. The topological polar surface area (TPSA) is 94.2 Å². The Bertz CT molecular complexity index is 801. The predicted molar refractivity (Wildman–Crippen MR) is 84.9 cm³/mol. The Hall–Kier alpha value is -2.48. The number of para-hydroxylation sites is 1. The summed E-state index contributed by atoms with van der Waals surface area (Å²) in [5.41, 5.74) is 0.0297. The standard InChI is InChI=1S/C14H12BrN3O4/c1-9-12(18(21)22)6-7-14(20)17(9)8-13(19)16-11-5-3-2-4-10(11)15/h2-7H,8H2,1H3,(H,16,19). The summed E-state index contributed by atoms with van der Waals surface area (Å²) in [5.74, 6) is -0.447. The van der Waals surface area contributed by atoms with Crippen LogP contribution in [-0.4, -0.2) is 15.4 Å². The van der Waals surface area contributed by atoms with Crippen LogP contribution in [0.3, 0.4) is 0 Å². The van der Waals surface area contributed by atoms with Gasteiger partial charge in [0.15, 0.2) is 0 Å². The molecule has 1 amide bonds. The van der Waals surface area contributed by atoms with Crippen molar-refractivity contribution in [3.8, 4) is 0 Å². The van der Waals surface area contributed by atoms with Crippen LogP contribution in [-0.2, 0) is 11.3 Å². The van der Waals surface area contributed by atoms with E-state index < -0.39 is 16.4 Å². The molecule has 22 heavy (non-hydrogen) atoms. The van der Waals surface area contributed by atoms with Gasteiger partial charge < -0.3 is 5.32 Å². The van der Waals surface area contributed by atoms with Crippen LogP contribution in [0.5, 0.6) is 0 Å². The van der Waals surface area contributed by atoms with Crippen LogP contribution in [0.2, 0.25) is 0 Å². The number of carbonyl (C=O) groups is 1. The number of halogens is 1. The molecule has 0 saturated carbocycles. The van der Waals surface area contributed by atoms with E-state index in [9.17, 15) is 19.7 Å². The number of amides is 1. The second kappa shape index (κ2) is 6.52. The van der Waals surface area contributed by atoms with E-state index in [0.717, 1.165) is 16.7 Å². The lowest BCUT2D eigenvalue weighted by atomic mass is 10.3. The summed E-state index contributed by atoms with van der Waals surface area (Å²) >= 11 is 3.30. The Kier molecular flexibility index (Phi) is 4.71. The van der Waals surface area contributed by atoms with Gasteiger partial charge in [-0.05, 0) is 35.0 Å². The van der Waals surface area contributed by atoms with Crippen molar-refractivity contribution in [2.45, 2.75) is 13.5 Å². The summed E-state index contributed by atoms with van der Waals surface area (Å²) in [6.07, 6.45) is 0. The SMILES string of the molecule is Cc1c([N+](=O)[O-])ccc(=O)n1CC(=O)Nc1ccccc1Br. The molecule has 8 heteroatoms. The number of hydrogen-bond acceptors (Lipinski definition) is 4. The van der Waals surface area contributed by atoms with E-state index in [0.29, 0.717) is 10.2 Å². The molecule has 2 aromatic rings. The number of carbonyl (C=O) groups excluding carboxylic acids is 1. The predicted octanol–water partition coefficient (Wildman–Crippen LogP) is 2.47. The van der Waals surface area contributed by atoms with E-state index >= 15 is 0 Å². The van der Waals surface area contributed by atoms with Gasteiger partial charge in [-0.2, -0.15) is 0 Å². The van der Waals surface area contributed by atoms with E-state index in [4.69, 9.17) is 0 Å². The molecular weight excluding hydrogens is 354 g/mol. The van der Waals surface area contributed by atoms with Gasteiger partial charge >= 0.3 is 0 Å². The minimum atomic E-state index is -0.586. The fourth-order valence-electron chi connectivity index (χ4n) is 1.95. The van der Waals surface area contributed by atoms with Crippen molar-refractivity contribution in [1.82, 2.24) is 4.57 Å². The summed E-state index contributed by atoms with van der Waals surface area (Å²) in [4.78, 5) is 34.2. The molecule has 0 radical (unpaired) electrons. The molecule has 0 saturated heterocycles. The van der Waals surface area contributed by atoms with Crippen LogP contribution in [0.25, 0.3) is 0 Å². The molecule has 0 aliphatic carbocycles. The largest absolute Gasteiger partial charge is 0.324 e. The number of pyridine rings is 1. The van der Waals surface area contributed by atoms with Gasteiger partial charge in [-0.25, -0.2) is 0 Å². The maximum absolute atomic E-state index is 12.1. The first kappa shape index (κ1) is 15.9. The Labute approximate surface area is 133 Å². The van der Waals surface area contributed by atoms with E-state index in [1.807, 2.05) is 0 Å². The van der Waals surface area contributed by atoms with E-state index in [1.165, 1.54) is 6.92 Å². The van der Waals surface area contributed by atoms with Crippen molar-refractivity contribution in [2.75, 3.05) is 5.32 Å². The van der Waals surface area contributed by atoms with Crippen LogP contribution in [0.1, 0.15) is 5.69 Å². The molecule has 0 spiro atoms. The molecule has 0 atom stereocenters. The second-order valence-corrected chi connectivity index (χ2v) is 5.37. The molecule has 0 bridgehead atoms. The lowest BCUT2D eigenvalue weighted by Crippen LogP contribution is -2.29. The summed E-state index contributed by atoms with van der Waals surface area (Å²) < 4.78 is 1.77. The number of hydrogen-bond donors (Lipinski definition) is 1. The molecule has 7 nitrogen and oxygen atoms in total. The van der Waals surface area contributed by atoms with E-state index in [1.54, 1.807) is 24.3 Å². The molecule has 1 N–H and O–H groups in total. The van der Waals surface area contributed by atoms with Gasteiger partial charge in [0, 0.05) is 16.6 Å². The van der Waals surface area contributed by atoms with Crippen LogP contribution < -0.4 is 10.9 Å². The normalized spacial score (nSPS) is 10.3. The minimum Gasteiger partial charge on any atom is -0.324 e. The Balaban J connectivity index is 2.26. The highest BCUT2D eigenvalue weighted by Gasteiger charge is 2.17. The number of nitrogens with zero attached hydrogens (tertiary/aromatic N) is 2. The van der Waals surface area contributed by atoms with Gasteiger partial charge in [0.05, 0.1) is 16.3 Å². The Morgan fingerprint density at radius 3 is 2.64 bits per heavy atom. The van der Waals surface area contributed by atoms with Crippen LogP contribution in [0.15, 0.2) is 45.7 Å². The third-order valence-electron chi connectivity index (χ3n) is 3.07. The van der Waals surface area contributed by atoms with Gasteiger partial charge in [-0.1, -0.05) is 12.1 Å². The van der Waals surface area contributed by atoms with Gasteiger partial charge in [-0.3, -0.25) is 24.3 Å². The van der Waals surface area contributed by atoms with Gasteiger partial charge in [0.25, 0.3) is 11.2 Å². The maximum Gasteiger partial charge on any atom is 0.288 e. The average molecular weight is 366 g/mol. The number of anilines is 1. The minimum absolute atomic E-state index is 0.139. The molecule has 0 fully saturated rings. The quantitative estimate of drug-likeness (QED) is 0.664. The first-order chi connectivity index (χ1) is 10.4. The first-order valence-electron chi connectivity index (χ1n) is 6.29. The summed E-state index contributed by atoms with van der Waals surface area (Å²) in [5, 5.41) is 13.5. The molecule has 1 aromatic heterocycles. The highest BCUT2D eigenvalue weighted by molar-refractivity contribution is 9.10. The molecule has 0 aliphatic rings. The Morgan fingerprint density at radius 1 is 1.32 bits per heavy atom. The molecular formula is C14H12BrN3O4. The number of aromatic nitrogens is 1. The second-order valence-electron chi connectivity index (χ2n) is 4.51. The average Bonchev–Trinajstić information content (AvgIpc) is 2.45. The van der Waals surface area contributed by atoms with Crippen molar-refractivity contribution in [3.63, 3.8) is 0 Å². The molecule has 2 rings (SSSR count). The smallest absolute Gasteiger partial charge is 0.288 e. The number of nitrogens with one attached hydrogen (secondary N) is 1. The molecule has 1 heterocycles. The van der Waals surface area contributed by atoms with E-state index in [-0.39, 0.29) is 17.9 Å². The van der Waals surface area contributed by atoms with Crippen molar-refractivity contribution in [3.05, 3.63) is 67.0 Å². The number of nitro groups is 1. The maximum atomic E-state index is 12.1. The highest BCUT2D eigenvalue weighted by Crippen LogP contribution is 2.21. The fraction of sp³-hybridized carbons (Fsp3) is 0.143. The fourth-order valence-corrected chi connectivity index (χ4v) is 2.33. The molecule has 0 aliphatic heterocycles. The van der Waals surface area contributed by atoms with Crippen LogP contribution in [0, 0.1) is 17.0 Å². The van der Waals surface area contributed by atoms with Crippen molar-refractivity contribution >= 4 is 33.2 Å². The zero-order valence-corrected chi connectivity index (χ0v) is 13.2. The summed E-state index contributed by atoms with van der Waals surface area (Å²) in [6.45, 7) is 1.14. The third-order valence-corrected chi connectivity index (χ3v) is 3.76. The zero-order chi connectivity index (χ0) is 16.3. The molecule has 114 valence electrons. The number of rotatable bonds is 4. The van der Waals surface area contributed by atoms with Crippen molar-refractivity contribution in [2.24, 2.45) is 0 Å². The van der Waals surface area contributed by atoms with Gasteiger partial charge in [0.1, 0.15) is 6.54 Å². The zero-order valence-electron chi connectivity index (χ0n) is 11.6.